The molecule has 0 saturated carbocycles. The minimum absolute atomic E-state index is 0.345. The van der Waals surface area contributed by atoms with E-state index in [2.05, 4.69) is 41.6 Å². The van der Waals surface area contributed by atoms with Gasteiger partial charge in [-0.3, -0.25) is 4.18 Å². The van der Waals surface area contributed by atoms with Crippen molar-refractivity contribution in [2.75, 3.05) is 19.8 Å². The summed E-state index contributed by atoms with van der Waals surface area (Å²) in [5, 5.41) is 1.20. The molecular weight excluding hydrogens is 391 g/mol. The number of nitrogens with zero attached hydrogens (tertiary/aromatic N) is 2. The van der Waals surface area contributed by atoms with Gasteiger partial charge in [-0.05, 0) is 49.4 Å². The summed E-state index contributed by atoms with van der Waals surface area (Å²) in [5.41, 5.74) is 5.39. The molecule has 0 bridgehead atoms. The van der Waals surface area contributed by atoms with E-state index in [-0.39, 0.29) is 5.82 Å². The van der Waals surface area contributed by atoms with Crippen LogP contribution in [-0.2, 0) is 33.8 Å². The third-order valence-corrected chi connectivity index (χ3v) is 6.06. The van der Waals surface area contributed by atoms with Gasteiger partial charge in [0.25, 0.3) is 10.1 Å². The van der Waals surface area contributed by atoms with Crippen LogP contribution in [0.5, 0.6) is 0 Å². The molecule has 2 heterocycles. The zero-order valence-electron chi connectivity index (χ0n) is 16.9. The van der Waals surface area contributed by atoms with Crippen LogP contribution in [-0.4, -0.2) is 37.7 Å². The summed E-state index contributed by atoms with van der Waals surface area (Å²) in [6, 6.07) is 12.2. The topological polar surface area (TPSA) is 51.5 Å². The monoisotopic (exact) mass is 416 g/mol. The van der Waals surface area contributed by atoms with Gasteiger partial charge in [0.2, 0.25) is 0 Å². The lowest BCUT2D eigenvalue weighted by molar-refractivity contribution is 0.192. The molecule has 1 unspecified atom stereocenters. The molecule has 1 aliphatic rings. The van der Waals surface area contributed by atoms with Gasteiger partial charge >= 0.3 is 0 Å². The van der Waals surface area contributed by atoms with Crippen molar-refractivity contribution in [3.05, 3.63) is 70.7 Å². The normalized spacial score (nSPS) is 16.1. The molecule has 5 nitrogen and oxygen atoms in total. The van der Waals surface area contributed by atoms with E-state index in [1.54, 1.807) is 12.1 Å². The highest BCUT2D eigenvalue weighted by molar-refractivity contribution is 7.86. The molecule has 2 aromatic carbocycles. The molecule has 0 N–H and O–H groups in total. The molecule has 0 fully saturated rings. The van der Waals surface area contributed by atoms with E-state index in [0.29, 0.717) is 12.1 Å². The molecule has 1 atom stereocenters. The number of halogens is 1. The number of benzene rings is 2. The Morgan fingerprint density at radius 2 is 1.90 bits per heavy atom. The molecule has 0 radical (unpaired) electrons. The number of hydrogen-bond acceptors (Lipinski definition) is 4. The molecule has 29 heavy (non-hydrogen) atoms. The summed E-state index contributed by atoms with van der Waals surface area (Å²) < 4.78 is 44.9. The molecule has 0 saturated heterocycles. The Kier molecular flexibility index (Phi) is 5.23. The molecule has 0 aliphatic carbocycles. The maximum atomic E-state index is 13.4. The summed E-state index contributed by atoms with van der Waals surface area (Å²) in [5.74, 6) is -0.367. The molecule has 7 heteroatoms. The number of likely N-dealkylation sites (N-methyl/N-ethyl adjacent to an activating group) is 1. The van der Waals surface area contributed by atoms with Gasteiger partial charge in [-0.15, -0.1) is 0 Å². The highest BCUT2D eigenvalue weighted by atomic mass is 32.2. The third-order valence-electron chi connectivity index (χ3n) is 5.48. The van der Waals surface area contributed by atoms with Crippen molar-refractivity contribution in [3.8, 4) is 0 Å². The van der Waals surface area contributed by atoms with Gasteiger partial charge in [-0.25, -0.2) is 4.39 Å². The van der Waals surface area contributed by atoms with E-state index in [9.17, 15) is 12.8 Å². The van der Waals surface area contributed by atoms with Gasteiger partial charge in [0.1, 0.15) is 11.9 Å². The van der Waals surface area contributed by atoms with Crippen molar-refractivity contribution in [1.29, 1.82) is 0 Å². The summed E-state index contributed by atoms with van der Waals surface area (Å²) in [6.45, 7) is 4.22. The molecule has 0 spiro atoms. The van der Waals surface area contributed by atoms with E-state index in [1.165, 1.54) is 34.3 Å². The van der Waals surface area contributed by atoms with E-state index < -0.39 is 16.2 Å². The lowest BCUT2D eigenvalue weighted by Crippen LogP contribution is -2.28. The third kappa shape index (κ3) is 4.22. The first-order valence-corrected chi connectivity index (χ1v) is 11.5. The highest BCUT2D eigenvalue weighted by Crippen LogP contribution is 2.34. The summed E-state index contributed by atoms with van der Waals surface area (Å²) in [6.07, 6.45) is 1.20. The van der Waals surface area contributed by atoms with Crippen LogP contribution in [0.2, 0.25) is 0 Å². The highest BCUT2D eigenvalue weighted by Gasteiger charge is 2.26. The van der Waals surface area contributed by atoms with E-state index in [4.69, 9.17) is 4.18 Å². The number of aryl methyl sites for hydroxylation is 1. The minimum Gasteiger partial charge on any atom is -0.341 e. The molecule has 3 aromatic rings. The van der Waals surface area contributed by atoms with Gasteiger partial charge in [-0.2, -0.15) is 8.42 Å². The zero-order chi connectivity index (χ0) is 20.8. The zero-order valence-corrected chi connectivity index (χ0v) is 17.7. The SMILES string of the molecule is Cc1ccc2c(c1)c1c(n2CC(OS(C)(=O)=O)c2ccc(F)cc2)CCN(C)C1. The van der Waals surface area contributed by atoms with Crippen LogP contribution in [0, 0.1) is 12.7 Å². The molecule has 4 rings (SSSR count). The van der Waals surface area contributed by atoms with Crippen LogP contribution >= 0.6 is 0 Å². The Balaban J connectivity index is 1.83. The largest absolute Gasteiger partial charge is 0.341 e. The fourth-order valence-electron chi connectivity index (χ4n) is 4.15. The molecule has 1 aliphatic heterocycles. The Morgan fingerprint density at radius 1 is 1.17 bits per heavy atom. The standard InChI is InChI=1S/C22H25FN2O3S/c1-15-4-9-20-18(12-15)19-13-24(2)11-10-21(19)25(20)14-22(28-29(3,26)27)16-5-7-17(23)8-6-16/h4-9,12,22H,10-11,13-14H2,1-3H3. The van der Waals surface area contributed by atoms with Crippen molar-refractivity contribution in [2.24, 2.45) is 0 Å². The maximum Gasteiger partial charge on any atom is 0.265 e. The first-order chi connectivity index (χ1) is 13.7. The summed E-state index contributed by atoms with van der Waals surface area (Å²) in [4.78, 5) is 2.29. The van der Waals surface area contributed by atoms with Crippen LogP contribution in [0.25, 0.3) is 10.9 Å². The maximum absolute atomic E-state index is 13.4. The average molecular weight is 417 g/mol. The van der Waals surface area contributed by atoms with Gasteiger partial charge in [-0.1, -0.05) is 23.8 Å². The number of hydrogen-bond donors (Lipinski definition) is 0. The second-order valence-corrected chi connectivity index (χ2v) is 9.49. The summed E-state index contributed by atoms with van der Waals surface area (Å²) in [7, 11) is -1.58. The van der Waals surface area contributed by atoms with Gasteiger partial charge in [0, 0.05) is 36.1 Å². The minimum atomic E-state index is -3.69. The van der Waals surface area contributed by atoms with Crippen LogP contribution in [0.1, 0.15) is 28.5 Å². The number of fused-ring (bicyclic) bond motifs is 3. The number of aromatic nitrogens is 1. The van der Waals surface area contributed by atoms with Gasteiger partial charge in [0.15, 0.2) is 0 Å². The van der Waals surface area contributed by atoms with Crippen molar-refractivity contribution in [2.45, 2.75) is 32.5 Å². The van der Waals surface area contributed by atoms with Crippen LogP contribution in [0.3, 0.4) is 0 Å². The first kappa shape index (κ1) is 20.1. The van der Waals surface area contributed by atoms with Crippen molar-refractivity contribution < 1.29 is 17.0 Å². The number of rotatable bonds is 5. The van der Waals surface area contributed by atoms with Gasteiger partial charge < -0.3 is 9.47 Å². The van der Waals surface area contributed by atoms with Crippen molar-refractivity contribution >= 4 is 21.0 Å². The Labute approximate surface area is 170 Å². The van der Waals surface area contributed by atoms with Crippen LogP contribution in [0.15, 0.2) is 42.5 Å². The smallest absolute Gasteiger partial charge is 0.265 e. The summed E-state index contributed by atoms with van der Waals surface area (Å²) >= 11 is 0. The molecule has 154 valence electrons. The fraction of sp³-hybridized carbons (Fsp3) is 0.364. The Morgan fingerprint density at radius 3 is 2.59 bits per heavy atom. The van der Waals surface area contributed by atoms with Crippen LogP contribution in [0.4, 0.5) is 4.39 Å². The Hall–Kier alpha value is -2.22. The lowest BCUT2D eigenvalue weighted by atomic mass is 10.0. The van der Waals surface area contributed by atoms with E-state index in [0.717, 1.165) is 31.3 Å². The first-order valence-electron chi connectivity index (χ1n) is 9.64. The second kappa shape index (κ2) is 7.55. The van der Waals surface area contributed by atoms with Crippen LogP contribution < -0.4 is 0 Å². The Bertz CT molecular complexity index is 1150. The molecule has 0 amide bonds. The average Bonchev–Trinajstić information content (AvgIpc) is 2.93. The quantitative estimate of drug-likeness (QED) is 0.594. The molecular formula is C22H25FN2O3S. The van der Waals surface area contributed by atoms with E-state index >= 15 is 0 Å². The predicted octanol–water partition coefficient (Wildman–Crippen LogP) is 3.79. The lowest BCUT2D eigenvalue weighted by Gasteiger charge is -2.25. The predicted molar refractivity (Wildman–Crippen MR) is 112 cm³/mol. The van der Waals surface area contributed by atoms with Crippen molar-refractivity contribution in [3.63, 3.8) is 0 Å². The molecule has 1 aromatic heterocycles. The van der Waals surface area contributed by atoms with Crippen molar-refractivity contribution in [1.82, 2.24) is 9.47 Å². The fourth-order valence-corrected chi connectivity index (χ4v) is 4.75. The second-order valence-electron chi connectivity index (χ2n) is 7.88. The van der Waals surface area contributed by atoms with Gasteiger partial charge in [0.05, 0.1) is 12.8 Å². The van der Waals surface area contributed by atoms with E-state index in [1.807, 2.05) is 0 Å².